The van der Waals surface area contributed by atoms with E-state index in [2.05, 4.69) is 19.2 Å². The molecule has 0 spiro atoms. The normalized spacial score (nSPS) is 31.9. The Morgan fingerprint density at radius 2 is 1.85 bits per heavy atom. The van der Waals surface area contributed by atoms with E-state index in [1.165, 1.54) is 19.3 Å². The zero-order valence-corrected chi connectivity index (χ0v) is 13.6. The average Bonchev–Trinajstić information content (AvgIpc) is 2.24. The van der Waals surface area contributed by atoms with E-state index in [1.54, 1.807) is 4.90 Å². The topological polar surface area (TPSA) is 41.6 Å². The molecule has 0 aromatic heterocycles. The van der Waals surface area contributed by atoms with Crippen molar-refractivity contribution < 1.29 is 9.53 Å². The van der Waals surface area contributed by atoms with Gasteiger partial charge in [-0.05, 0) is 45.4 Å². The van der Waals surface area contributed by atoms with Crippen molar-refractivity contribution in [2.45, 2.75) is 71.6 Å². The van der Waals surface area contributed by atoms with E-state index in [0.717, 1.165) is 24.9 Å². The van der Waals surface area contributed by atoms with Gasteiger partial charge in [0.2, 0.25) is 0 Å². The summed E-state index contributed by atoms with van der Waals surface area (Å²) < 4.78 is 5.38. The number of ether oxygens (including phenoxy) is 1. The lowest BCUT2D eigenvalue weighted by molar-refractivity contribution is 0.00230. The molecule has 20 heavy (non-hydrogen) atoms. The van der Waals surface area contributed by atoms with Gasteiger partial charge in [0, 0.05) is 25.2 Å². The minimum Gasteiger partial charge on any atom is -0.444 e. The molecule has 0 radical (unpaired) electrons. The number of nitrogens with zero attached hydrogens (tertiary/aromatic N) is 1. The van der Waals surface area contributed by atoms with E-state index in [9.17, 15) is 4.79 Å². The summed E-state index contributed by atoms with van der Waals surface area (Å²) in [6.07, 6.45) is 3.76. The van der Waals surface area contributed by atoms with Crippen LogP contribution in [0.15, 0.2) is 0 Å². The molecule has 116 valence electrons. The van der Waals surface area contributed by atoms with Crippen molar-refractivity contribution in [1.29, 1.82) is 0 Å². The second-order valence-electron chi connectivity index (χ2n) is 7.75. The van der Waals surface area contributed by atoms with Crippen molar-refractivity contribution in [2.24, 2.45) is 11.8 Å². The third kappa shape index (κ3) is 4.11. The second kappa shape index (κ2) is 5.92. The molecule has 4 nitrogen and oxygen atoms in total. The van der Waals surface area contributed by atoms with E-state index >= 15 is 0 Å². The molecule has 0 aromatic rings. The van der Waals surface area contributed by atoms with Crippen LogP contribution in [0.1, 0.15) is 53.9 Å². The Labute approximate surface area is 123 Å². The number of hydrogen-bond donors (Lipinski definition) is 1. The van der Waals surface area contributed by atoms with Crippen LogP contribution in [0.3, 0.4) is 0 Å². The highest BCUT2D eigenvalue weighted by Crippen LogP contribution is 2.29. The monoisotopic (exact) mass is 282 g/mol. The Morgan fingerprint density at radius 3 is 2.45 bits per heavy atom. The molecule has 4 heteroatoms. The van der Waals surface area contributed by atoms with Crippen molar-refractivity contribution in [3.05, 3.63) is 0 Å². The average molecular weight is 282 g/mol. The van der Waals surface area contributed by atoms with Crippen LogP contribution in [0.4, 0.5) is 4.79 Å². The van der Waals surface area contributed by atoms with Crippen LogP contribution in [-0.2, 0) is 4.74 Å². The maximum Gasteiger partial charge on any atom is 0.410 e. The summed E-state index contributed by atoms with van der Waals surface area (Å²) in [5, 5.41) is 3.73. The Bertz CT molecular complexity index is 345. The molecule has 3 unspecified atom stereocenters. The lowest BCUT2D eigenvalue weighted by atomic mass is 9.79. The lowest BCUT2D eigenvalue weighted by Gasteiger charge is -2.44. The van der Waals surface area contributed by atoms with Gasteiger partial charge >= 0.3 is 6.09 Å². The molecule has 2 fully saturated rings. The van der Waals surface area contributed by atoms with Crippen LogP contribution in [0.5, 0.6) is 0 Å². The number of nitrogens with one attached hydrogen (secondary N) is 1. The predicted molar refractivity (Wildman–Crippen MR) is 80.7 cm³/mol. The number of hydrogen-bond acceptors (Lipinski definition) is 3. The van der Waals surface area contributed by atoms with Crippen LogP contribution in [0.25, 0.3) is 0 Å². The molecule has 1 aliphatic heterocycles. The highest BCUT2D eigenvalue weighted by Gasteiger charge is 2.36. The predicted octanol–water partition coefficient (Wildman–Crippen LogP) is 3.02. The first-order valence-corrected chi connectivity index (χ1v) is 7.98. The largest absolute Gasteiger partial charge is 0.444 e. The zero-order chi connectivity index (χ0) is 14.9. The van der Waals surface area contributed by atoms with E-state index < -0.39 is 5.60 Å². The second-order valence-corrected chi connectivity index (χ2v) is 7.75. The van der Waals surface area contributed by atoms with Gasteiger partial charge in [-0.3, -0.25) is 0 Å². The number of carbonyl (C=O) groups excluding carboxylic acids is 1. The number of amides is 1. The molecule has 2 rings (SSSR count). The van der Waals surface area contributed by atoms with Crippen LogP contribution in [0.2, 0.25) is 0 Å². The fourth-order valence-electron chi connectivity index (χ4n) is 3.13. The van der Waals surface area contributed by atoms with Gasteiger partial charge in [-0.15, -0.1) is 0 Å². The van der Waals surface area contributed by atoms with Crippen LogP contribution < -0.4 is 5.32 Å². The first-order valence-electron chi connectivity index (χ1n) is 7.98. The molecular weight excluding hydrogens is 252 g/mol. The fraction of sp³-hybridized carbons (Fsp3) is 0.938. The van der Waals surface area contributed by atoms with E-state index in [-0.39, 0.29) is 6.09 Å². The van der Waals surface area contributed by atoms with Gasteiger partial charge in [0.15, 0.2) is 0 Å². The minimum absolute atomic E-state index is 0.180. The molecule has 0 bridgehead atoms. The number of likely N-dealkylation sites (tertiary alicyclic amines) is 1. The van der Waals surface area contributed by atoms with E-state index in [4.69, 9.17) is 4.74 Å². The molecule has 1 N–H and O–H groups in total. The van der Waals surface area contributed by atoms with Crippen molar-refractivity contribution in [2.75, 3.05) is 13.1 Å². The summed E-state index contributed by atoms with van der Waals surface area (Å²) in [5.41, 5.74) is -0.400. The van der Waals surface area contributed by atoms with Crippen LogP contribution in [-0.4, -0.2) is 41.8 Å². The molecule has 1 saturated heterocycles. The summed E-state index contributed by atoms with van der Waals surface area (Å²) in [5.74, 6) is 1.58. The SMILES string of the molecule is CC1CCC(C)C(NC2CN(C(=O)OC(C)(C)C)C2)C1. The summed E-state index contributed by atoms with van der Waals surface area (Å²) in [4.78, 5) is 13.7. The minimum atomic E-state index is -0.400. The van der Waals surface area contributed by atoms with Crippen LogP contribution in [0, 0.1) is 11.8 Å². The Hall–Kier alpha value is -0.770. The summed E-state index contributed by atoms with van der Waals surface area (Å²) in [6.45, 7) is 12.0. The Balaban J connectivity index is 1.72. The van der Waals surface area contributed by atoms with Crippen LogP contribution >= 0.6 is 0 Å². The highest BCUT2D eigenvalue weighted by molar-refractivity contribution is 5.69. The first-order chi connectivity index (χ1) is 9.24. The van der Waals surface area contributed by atoms with Crippen molar-refractivity contribution in [3.8, 4) is 0 Å². The van der Waals surface area contributed by atoms with Gasteiger partial charge < -0.3 is 15.0 Å². The van der Waals surface area contributed by atoms with Crippen molar-refractivity contribution in [3.63, 3.8) is 0 Å². The number of rotatable bonds is 2. The fourth-order valence-corrected chi connectivity index (χ4v) is 3.13. The third-order valence-corrected chi connectivity index (χ3v) is 4.44. The maximum atomic E-state index is 11.9. The summed E-state index contributed by atoms with van der Waals surface area (Å²) >= 11 is 0. The lowest BCUT2D eigenvalue weighted by Crippen LogP contribution is -2.63. The van der Waals surface area contributed by atoms with Gasteiger partial charge in [0.25, 0.3) is 0 Å². The molecule has 1 amide bonds. The standard InChI is InChI=1S/C16H30N2O2/c1-11-6-7-12(2)14(8-11)17-13-9-18(10-13)15(19)20-16(3,4)5/h11-14,17H,6-10H2,1-5H3. The molecule has 2 aliphatic rings. The molecule has 1 heterocycles. The van der Waals surface area contributed by atoms with Gasteiger partial charge in [-0.1, -0.05) is 20.3 Å². The summed E-state index contributed by atoms with van der Waals surface area (Å²) in [7, 11) is 0. The molecule has 3 atom stereocenters. The quantitative estimate of drug-likeness (QED) is 0.846. The molecule has 0 aromatic carbocycles. The van der Waals surface area contributed by atoms with Gasteiger partial charge in [-0.2, -0.15) is 0 Å². The van der Waals surface area contributed by atoms with Gasteiger partial charge in [0.05, 0.1) is 0 Å². The Kier molecular flexibility index (Phi) is 4.62. The molecule has 1 saturated carbocycles. The highest BCUT2D eigenvalue weighted by atomic mass is 16.6. The van der Waals surface area contributed by atoms with Crippen molar-refractivity contribution in [1.82, 2.24) is 10.2 Å². The summed E-state index contributed by atoms with van der Waals surface area (Å²) in [6, 6.07) is 1.06. The smallest absolute Gasteiger partial charge is 0.410 e. The maximum absolute atomic E-state index is 11.9. The molecular formula is C16H30N2O2. The number of carbonyl (C=O) groups is 1. The van der Waals surface area contributed by atoms with Crippen molar-refractivity contribution >= 4 is 6.09 Å². The molecule has 1 aliphatic carbocycles. The Morgan fingerprint density at radius 1 is 1.20 bits per heavy atom. The van der Waals surface area contributed by atoms with E-state index in [0.29, 0.717) is 12.1 Å². The van der Waals surface area contributed by atoms with Gasteiger partial charge in [0.1, 0.15) is 5.60 Å². The van der Waals surface area contributed by atoms with Gasteiger partial charge in [-0.25, -0.2) is 4.79 Å². The van der Waals surface area contributed by atoms with E-state index in [1.807, 2.05) is 20.8 Å². The third-order valence-electron chi connectivity index (χ3n) is 4.44. The zero-order valence-electron chi connectivity index (χ0n) is 13.6. The first kappa shape index (κ1) is 15.6.